The molecule has 0 aromatic heterocycles. The van der Waals surface area contributed by atoms with Gasteiger partial charge in [0.2, 0.25) is 0 Å². The van der Waals surface area contributed by atoms with Gasteiger partial charge in [0, 0.05) is 38.6 Å². The van der Waals surface area contributed by atoms with Crippen molar-refractivity contribution in [3.8, 4) is 0 Å². The number of benzene rings is 2. The van der Waals surface area contributed by atoms with E-state index in [0.717, 1.165) is 19.4 Å². The largest absolute Gasteiger partial charge is 0.368 e. The molecule has 0 bridgehead atoms. The molecule has 3 aliphatic rings. The summed E-state index contributed by atoms with van der Waals surface area (Å²) >= 11 is 0. The molecule has 2 fully saturated rings. The Hall–Kier alpha value is -1.68. The molecule has 0 spiro atoms. The molecule has 2 aliphatic heterocycles. The van der Waals surface area contributed by atoms with Gasteiger partial charge < -0.3 is 9.64 Å². The van der Waals surface area contributed by atoms with Crippen LogP contribution in [0.2, 0.25) is 0 Å². The average Bonchev–Trinajstić information content (AvgIpc) is 3.03. The van der Waals surface area contributed by atoms with Gasteiger partial charge in [0.25, 0.3) is 0 Å². The molecule has 5 rings (SSSR count). The summed E-state index contributed by atoms with van der Waals surface area (Å²) in [4.78, 5) is 5.01. The molecule has 2 aromatic rings. The van der Waals surface area contributed by atoms with Gasteiger partial charge >= 0.3 is 0 Å². The molecule has 0 amide bonds. The minimum Gasteiger partial charge on any atom is -0.368 e. The summed E-state index contributed by atoms with van der Waals surface area (Å²) < 4.78 is 6.70. The molecular formula is C23H28N2O. The normalized spacial score (nSPS) is 28.9. The molecule has 1 aliphatic carbocycles. The second-order valence-corrected chi connectivity index (χ2v) is 8.20. The molecule has 2 aromatic carbocycles. The van der Waals surface area contributed by atoms with E-state index in [1.165, 1.54) is 48.4 Å². The van der Waals surface area contributed by atoms with Crippen molar-refractivity contribution >= 4 is 0 Å². The van der Waals surface area contributed by atoms with Crippen LogP contribution >= 0.6 is 0 Å². The second-order valence-electron chi connectivity index (χ2n) is 8.20. The van der Waals surface area contributed by atoms with Crippen LogP contribution in [0.15, 0.2) is 48.5 Å². The quantitative estimate of drug-likeness (QED) is 0.827. The Morgan fingerprint density at radius 2 is 1.54 bits per heavy atom. The lowest BCUT2D eigenvalue weighted by atomic mass is 9.87. The molecule has 136 valence electrons. The Kier molecular flexibility index (Phi) is 4.32. The Morgan fingerprint density at radius 1 is 0.885 bits per heavy atom. The third-order valence-corrected chi connectivity index (χ3v) is 6.48. The van der Waals surface area contributed by atoms with Gasteiger partial charge in [-0.2, -0.15) is 0 Å². The molecule has 26 heavy (non-hydrogen) atoms. The van der Waals surface area contributed by atoms with Crippen molar-refractivity contribution in [1.82, 2.24) is 9.80 Å². The summed E-state index contributed by atoms with van der Waals surface area (Å²) in [6.45, 7) is 5.75. The molecule has 0 saturated carbocycles. The standard InChI is InChI=1S/C23H28N2O/c1-24-10-12-25(13-11-24)16-19-15-22-20-8-4-2-6-17(20)14-18-7-3-5-9-21(18)23(22)26-19/h2-9,19,22-23H,10-16H2,1H3/t19?,22-,23-/m1/s1. The van der Waals surface area contributed by atoms with Gasteiger partial charge in [-0.3, -0.25) is 4.90 Å². The number of hydrogen-bond acceptors (Lipinski definition) is 3. The molecule has 0 N–H and O–H groups in total. The Balaban J connectivity index is 1.43. The summed E-state index contributed by atoms with van der Waals surface area (Å²) in [5.74, 6) is 0.493. The third kappa shape index (κ3) is 2.98. The molecular weight excluding hydrogens is 320 g/mol. The van der Waals surface area contributed by atoms with Crippen LogP contribution < -0.4 is 0 Å². The zero-order valence-corrected chi connectivity index (χ0v) is 15.6. The monoisotopic (exact) mass is 348 g/mol. The number of rotatable bonds is 2. The fraction of sp³-hybridized carbons (Fsp3) is 0.478. The highest BCUT2D eigenvalue weighted by Crippen LogP contribution is 2.49. The van der Waals surface area contributed by atoms with Crippen molar-refractivity contribution in [2.24, 2.45) is 0 Å². The lowest BCUT2D eigenvalue weighted by Crippen LogP contribution is -2.46. The number of piperazine rings is 1. The Bertz CT molecular complexity index is 728. The molecule has 1 unspecified atom stereocenters. The lowest BCUT2D eigenvalue weighted by molar-refractivity contribution is 0.0110. The number of hydrogen-bond donors (Lipinski definition) is 0. The van der Waals surface area contributed by atoms with Crippen molar-refractivity contribution in [3.63, 3.8) is 0 Å². The maximum absolute atomic E-state index is 6.70. The van der Waals surface area contributed by atoms with E-state index in [1.54, 1.807) is 0 Å². The number of likely N-dealkylation sites (N-methyl/N-ethyl adjacent to an activating group) is 1. The minimum absolute atomic E-state index is 0.215. The minimum atomic E-state index is 0.215. The molecule has 2 heterocycles. The van der Waals surface area contributed by atoms with E-state index in [0.29, 0.717) is 12.0 Å². The van der Waals surface area contributed by atoms with Crippen LogP contribution in [0, 0.1) is 0 Å². The van der Waals surface area contributed by atoms with Gasteiger partial charge in [0.15, 0.2) is 0 Å². The molecule has 0 radical (unpaired) electrons. The first-order chi connectivity index (χ1) is 12.8. The maximum atomic E-state index is 6.70. The highest BCUT2D eigenvalue weighted by molar-refractivity contribution is 5.45. The van der Waals surface area contributed by atoms with E-state index >= 15 is 0 Å². The van der Waals surface area contributed by atoms with Crippen LogP contribution in [-0.4, -0.2) is 55.7 Å². The van der Waals surface area contributed by atoms with Crippen LogP contribution in [0.3, 0.4) is 0 Å². The Labute approximate surface area is 156 Å². The van der Waals surface area contributed by atoms with Gasteiger partial charge in [-0.25, -0.2) is 0 Å². The lowest BCUT2D eigenvalue weighted by Gasteiger charge is -2.33. The number of ether oxygens (including phenoxy) is 1. The predicted molar refractivity (Wildman–Crippen MR) is 105 cm³/mol. The van der Waals surface area contributed by atoms with Crippen molar-refractivity contribution < 1.29 is 4.74 Å². The zero-order chi connectivity index (χ0) is 17.5. The van der Waals surface area contributed by atoms with Crippen LogP contribution in [0.1, 0.15) is 40.7 Å². The molecule has 3 nitrogen and oxygen atoms in total. The number of fused-ring (bicyclic) bond motifs is 5. The number of nitrogens with zero attached hydrogens (tertiary/aromatic N) is 2. The van der Waals surface area contributed by atoms with Crippen LogP contribution in [-0.2, 0) is 11.2 Å². The Morgan fingerprint density at radius 3 is 2.31 bits per heavy atom. The highest BCUT2D eigenvalue weighted by atomic mass is 16.5. The summed E-state index contributed by atoms with van der Waals surface area (Å²) in [6, 6.07) is 17.9. The second kappa shape index (κ2) is 6.80. The highest BCUT2D eigenvalue weighted by Gasteiger charge is 2.41. The van der Waals surface area contributed by atoms with Gasteiger partial charge in [-0.05, 0) is 42.1 Å². The topological polar surface area (TPSA) is 15.7 Å². The van der Waals surface area contributed by atoms with Crippen LogP contribution in [0.5, 0.6) is 0 Å². The van der Waals surface area contributed by atoms with E-state index in [9.17, 15) is 0 Å². The summed E-state index contributed by atoms with van der Waals surface area (Å²) in [6.07, 6.45) is 2.73. The van der Waals surface area contributed by atoms with Gasteiger partial charge in [0.05, 0.1) is 12.2 Å². The van der Waals surface area contributed by atoms with E-state index in [1.807, 2.05) is 0 Å². The fourth-order valence-corrected chi connectivity index (χ4v) is 5.02. The van der Waals surface area contributed by atoms with Crippen molar-refractivity contribution in [2.45, 2.75) is 31.0 Å². The zero-order valence-electron chi connectivity index (χ0n) is 15.6. The van der Waals surface area contributed by atoms with E-state index in [-0.39, 0.29) is 6.10 Å². The molecule has 2 saturated heterocycles. The van der Waals surface area contributed by atoms with Crippen molar-refractivity contribution in [2.75, 3.05) is 39.8 Å². The SMILES string of the molecule is CN1CCN(CC2C[C@@H]3c4ccccc4Cc4ccccc4[C@H]3O2)CC1. The van der Waals surface area contributed by atoms with Crippen molar-refractivity contribution in [3.05, 3.63) is 70.8 Å². The van der Waals surface area contributed by atoms with Crippen molar-refractivity contribution in [1.29, 1.82) is 0 Å². The first-order valence-electron chi connectivity index (χ1n) is 10.00. The van der Waals surface area contributed by atoms with Gasteiger partial charge in [-0.1, -0.05) is 48.5 Å². The third-order valence-electron chi connectivity index (χ3n) is 6.48. The molecule has 3 heteroatoms. The van der Waals surface area contributed by atoms with E-state index < -0.39 is 0 Å². The van der Waals surface area contributed by atoms with E-state index in [2.05, 4.69) is 65.4 Å². The van der Waals surface area contributed by atoms with Gasteiger partial charge in [0.1, 0.15) is 0 Å². The van der Waals surface area contributed by atoms with Gasteiger partial charge in [-0.15, -0.1) is 0 Å². The van der Waals surface area contributed by atoms with Crippen LogP contribution in [0.25, 0.3) is 0 Å². The van der Waals surface area contributed by atoms with E-state index in [4.69, 9.17) is 4.74 Å². The predicted octanol–water partition coefficient (Wildman–Crippen LogP) is 3.45. The smallest absolute Gasteiger partial charge is 0.0901 e. The average molecular weight is 348 g/mol. The van der Waals surface area contributed by atoms with Crippen LogP contribution in [0.4, 0.5) is 0 Å². The maximum Gasteiger partial charge on any atom is 0.0901 e. The summed E-state index contributed by atoms with van der Waals surface area (Å²) in [5.41, 5.74) is 5.84. The summed E-state index contributed by atoms with van der Waals surface area (Å²) in [7, 11) is 2.22. The molecule has 3 atom stereocenters. The first-order valence-corrected chi connectivity index (χ1v) is 10.00. The summed E-state index contributed by atoms with van der Waals surface area (Å²) in [5, 5.41) is 0. The fourth-order valence-electron chi connectivity index (χ4n) is 5.02. The first kappa shape index (κ1) is 16.5.